The van der Waals surface area contributed by atoms with Crippen molar-refractivity contribution in [3.8, 4) is 0 Å². The maximum atomic E-state index is 11.6. The number of esters is 1. The molecule has 0 spiro atoms. The maximum absolute atomic E-state index is 11.6. The summed E-state index contributed by atoms with van der Waals surface area (Å²) in [5.74, 6) is -1.05. The monoisotopic (exact) mass is 256 g/mol. The van der Waals surface area contributed by atoms with Crippen molar-refractivity contribution < 1.29 is 19.1 Å². The standard InChI is InChI=1S/C12H20N2O4/c1-7(18-10(16)8-5-6-8)9(15)13-11(17)14-12(2,3)4/h7-8H,5-6H2,1-4H3,(H2,13,14,15,17)/t7-/m0/s1. The molecule has 1 rings (SSSR count). The number of carbonyl (C=O) groups excluding carboxylic acids is 3. The van der Waals surface area contributed by atoms with Crippen LogP contribution in [-0.4, -0.2) is 29.6 Å². The lowest BCUT2D eigenvalue weighted by atomic mass is 10.1. The molecule has 1 aliphatic carbocycles. The summed E-state index contributed by atoms with van der Waals surface area (Å²) in [6.07, 6.45) is 0.679. The molecule has 0 bridgehead atoms. The Morgan fingerprint density at radius 3 is 2.22 bits per heavy atom. The van der Waals surface area contributed by atoms with E-state index in [-0.39, 0.29) is 11.9 Å². The van der Waals surface area contributed by atoms with Crippen molar-refractivity contribution >= 4 is 17.9 Å². The predicted octanol–water partition coefficient (Wildman–Crippen LogP) is 0.952. The summed E-state index contributed by atoms with van der Waals surface area (Å²) in [5, 5.41) is 4.72. The fraction of sp³-hybridized carbons (Fsp3) is 0.750. The van der Waals surface area contributed by atoms with E-state index in [4.69, 9.17) is 4.74 Å². The van der Waals surface area contributed by atoms with E-state index in [0.29, 0.717) is 0 Å². The summed E-state index contributed by atoms with van der Waals surface area (Å²) >= 11 is 0. The first kappa shape index (κ1) is 14.5. The van der Waals surface area contributed by atoms with Gasteiger partial charge in [0.05, 0.1) is 5.92 Å². The third-order valence-electron chi connectivity index (χ3n) is 2.30. The van der Waals surface area contributed by atoms with Crippen LogP contribution in [0.1, 0.15) is 40.5 Å². The lowest BCUT2D eigenvalue weighted by Gasteiger charge is -2.21. The molecular weight excluding hydrogens is 236 g/mol. The zero-order chi connectivity index (χ0) is 13.9. The Labute approximate surface area is 106 Å². The lowest BCUT2D eigenvalue weighted by Crippen LogP contribution is -2.50. The first-order valence-corrected chi connectivity index (χ1v) is 6.02. The maximum Gasteiger partial charge on any atom is 0.321 e. The third kappa shape index (κ3) is 5.16. The van der Waals surface area contributed by atoms with Crippen LogP contribution >= 0.6 is 0 Å². The first-order chi connectivity index (χ1) is 8.19. The molecule has 0 aromatic rings. The first-order valence-electron chi connectivity index (χ1n) is 6.02. The Bertz CT molecular complexity index is 356. The van der Waals surface area contributed by atoms with Crippen LogP contribution in [0.5, 0.6) is 0 Å². The van der Waals surface area contributed by atoms with Crippen molar-refractivity contribution in [2.75, 3.05) is 0 Å². The second-order valence-corrected chi connectivity index (χ2v) is 5.55. The van der Waals surface area contributed by atoms with Gasteiger partial charge in [-0.3, -0.25) is 14.9 Å². The molecule has 0 heterocycles. The average molecular weight is 256 g/mol. The van der Waals surface area contributed by atoms with Gasteiger partial charge in [0.1, 0.15) is 0 Å². The van der Waals surface area contributed by atoms with E-state index in [1.165, 1.54) is 6.92 Å². The SMILES string of the molecule is C[C@H](OC(=O)C1CC1)C(=O)NC(=O)NC(C)(C)C. The van der Waals surface area contributed by atoms with Gasteiger partial charge in [-0.25, -0.2) is 4.79 Å². The van der Waals surface area contributed by atoms with Crippen LogP contribution in [-0.2, 0) is 14.3 Å². The highest BCUT2D eigenvalue weighted by atomic mass is 16.5. The molecule has 0 saturated heterocycles. The molecule has 0 unspecified atom stereocenters. The highest BCUT2D eigenvalue weighted by molar-refractivity contribution is 5.97. The van der Waals surface area contributed by atoms with Crippen LogP contribution in [0.3, 0.4) is 0 Å². The van der Waals surface area contributed by atoms with Crippen LogP contribution < -0.4 is 10.6 Å². The Hall–Kier alpha value is -1.59. The summed E-state index contributed by atoms with van der Waals surface area (Å²) in [6.45, 7) is 6.84. The Morgan fingerprint density at radius 1 is 1.22 bits per heavy atom. The predicted molar refractivity (Wildman–Crippen MR) is 64.7 cm³/mol. The highest BCUT2D eigenvalue weighted by Gasteiger charge is 2.33. The van der Waals surface area contributed by atoms with Crippen LogP contribution in [0.15, 0.2) is 0 Å². The molecular formula is C12H20N2O4. The average Bonchev–Trinajstić information content (AvgIpc) is 2.96. The summed E-state index contributed by atoms with van der Waals surface area (Å²) in [7, 11) is 0. The van der Waals surface area contributed by atoms with E-state index in [2.05, 4.69) is 10.6 Å². The zero-order valence-electron chi connectivity index (χ0n) is 11.2. The minimum Gasteiger partial charge on any atom is -0.452 e. The van der Waals surface area contributed by atoms with Crippen molar-refractivity contribution in [1.29, 1.82) is 0 Å². The summed E-state index contributed by atoms with van der Waals surface area (Å²) < 4.78 is 4.94. The van der Waals surface area contributed by atoms with Gasteiger partial charge in [-0.2, -0.15) is 0 Å². The minimum absolute atomic E-state index is 0.0661. The molecule has 3 amide bonds. The molecule has 2 N–H and O–H groups in total. The summed E-state index contributed by atoms with van der Waals surface area (Å²) in [5.41, 5.74) is -0.432. The van der Waals surface area contributed by atoms with Gasteiger partial charge in [-0.05, 0) is 40.5 Å². The Morgan fingerprint density at radius 2 is 1.78 bits per heavy atom. The van der Waals surface area contributed by atoms with Gasteiger partial charge in [0, 0.05) is 5.54 Å². The molecule has 0 aliphatic heterocycles. The largest absolute Gasteiger partial charge is 0.452 e. The number of rotatable bonds is 3. The minimum atomic E-state index is -0.955. The van der Waals surface area contributed by atoms with Gasteiger partial charge < -0.3 is 10.1 Å². The molecule has 6 nitrogen and oxygen atoms in total. The van der Waals surface area contributed by atoms with Gasteiger partial charge in [0.15, 0.2) is 6.10 Å². The van der Waals surface area contributed by atoms with Gasteiger partial charge in [-0.15, -0.1) is 0 Å². The van der Waals surface area contributed by atoms with E-state index in [1.54, 1.807) is 20.8 Å². The molecule has 1 saturated carbocycles. The molecule has 0 aromatic heterocycles. The van der Waals surface area contributed by atoms with Crippen molar-refractivity contribution in [2.45, 2.75) is 52.2 Å². The molecule has 1 fully saturated rings. The smallest absolute Gasteiger partial charge is 0.321 e. The van der Waals surface area contributed by atoms with Gasteiger partial charge in [0.25, 0.3) is 5.91 Å². The van der Waals surface area contributed by atoms with Crippen molar-refractivity contribution in [1.82, 2.24) is 10.6 Å². The fourth-order valence-corrected chi connectivity index (χ4v) is 1.23. The van der Waals surface area contributed by atoms with E-state index in [1.807, 2.05) is 0 Å². The fourth-order valence-electron chi connectivity index (χ4n) is 1.23. The molecule has 6 heteroatoms. The van der Waals surface area contributed by atoms with Crippen molar-refractivity contribution in [3.05, 3.63) is 0 Å². The van der Waals surface area contributed by atoms with Crippen LogP contribution in [0.25, 0.3) is 0 Å². The molecule has 0 radical (unpaired) electrons. The lowest BCUT2D eigenvalue weighted by molar-refractivity contribution is -0.155. The topological polar surface area (TPSA) is 84.5 Å². The van der Waals surface area contributed by atoms with Crippen molar-refractivity contribution in [3.63, 3.8) is 0 Å². The van der Waals surface area contributed by atoms with Gasteiger partial charge >= 0.3 is 12.0 Å². The molecule has 18 heavy (non-hydrogen) atoms. The van der Waals surface area contributed by atoms with Crippen LogP contribution in [0, 0.1) is 5.92 Å². The van der Waals surface area contributed by atoms with Crippen molar-refractivity contribution in [2.24, 2.45) is 5.92 Å². The number of ether oxygens (including phenoxy) is 1. The van der Waals surface area contributed by atoms with E-state index >= 15 is 0 Å². The summed E-state index contributed by atoms with van der Waals surface area (Å²) in [6, 6.07) is -0.596. The number of carbonyl (C=O) groups is 3. The van der Waals surface area contributed by atoms with E-state index in [9.17, 15) is 14.4 Å². The number of hydrogen-bond acceptors (Lipinski definition) is 4. The van der Waals surface area contributed by atoms with Gasteiger partial charge in [-0.1, -0.05) is 0 Å². The molecule has 1 atom stereocenters. The number of amides is 3. The normalized spacial score (nSPS) is 16.7. The Balaban J connectivity index is 2.34. The second kappa shape index (κ2) is 5.37. The van der Waals surface area contributed by atoms with Crippen LogP contribution in [0.4, 0.5) is 4.79 Å². The highest BCUT2D eigenvalue weighted by Crippen LogP contribution is 2.30. The van der Waals surface area contributed by atoms with E-state index < -0.39 is 23.6 Å². The number of hydrogen-bond donors (Lipinski definition) is 2. The van der Waals surface area contributed by atoms with Crippen LogP contribution in [0.2, 0.25) is 0 Å². The number of urea groups is 1. The zero-order valence-corrected chi connectivity index (χ0v) is 11.2. The summed E-state index contributed by atoms with van der Waals surface area (Å²) in [4.78, 5) is 34.3. The molecule has 102 valence electrons. The Kier molecular flexibility index (Phi) is 4.32. The second-order valence-electron chi connectivity index (χ2n) is 5.55. The number of imide groups is 1. The number of nitrogens with one attached hydrogen (secondary N) is 2. The molecule has 0 aromatic carbocycles. The third-order valence-corrected chi connectivity index (χ3v) is 2.30. The van der Waals surface area contributed by atoms with Gasteiger partial charge in [0.2, 0.25) is 0 Å². The quantitative estimate of drug-likeness (QED) is 0.736. The van der Waals surface area contributed by atoms with E-state index in [0.717, 1.165) is 12.8 Å². The molecule has 1 aliphatic rings.